The highest BCUT2D eigenvalue weighted by Gasteiger charge is 2.08. The first kappa shape index (κ1) is 14.0. The Hall–Kier alpha value is -2.41. The van der Waals surface area contributed by atoms with Crippen LogP contribution in [0.2, 0.25) is 0 Å². The zero-order valence-corrected chi connectivity index (χ0v) is 11.8. The molecule has 0 spiro atoms. The molecule has 0 saturated heterocycles. The van der Waals surface area contributed by atoms with Gasteiger partial charge in [-0.3, -0.25) is 4.98 Å². The number of benzene rings is 1. The van der Waals surface area contributed by atoms with Gasteiger partial charge in [-0.05, 0) is 23.8 Å². The summed E-state index contributed by atoms with van der Waals surface area (Å²) in [5.74, 6) is -0.0233. The standard InChI is InChI=1S/C13H11BrN4O2/c14-9-3-1-8(2-4-9)10-5-6-16-11(12(10)19)7-17-18-13(15)20/h1-7,19H,(H3,15,18,20). The topological polar surface area (TPSA) is 101 Å². The second-order valence-electron chi connectivity index (χ2n) is 3.83. The third kappa shape index (κ3) is 3.33. The van der Waals surface area contributed by atoms with Crippen LogP contribution < -0.4 is 11.2 Å². The van der Waals surface area contributed by atoms with Crippen LogP contribution in [0.15, 0.2) is 46.1 Å². The summed E-state index contributed by atoms with van der Waals surface area (Å²) < 4.78 is 0.947. The van der Waals surface area contributed by atoms with E-state index in [1.807, 2.05) is 29.7 Å². The number of pyridine rings is 1. The first-order chi connectivity index (χ1) is 9.58. The number of hydrogen-bond acceptors (Lipinski definition) is 4. The summed E-state index contributed by atoms with van der Waals surface area (Å²) in [5.41, 5.74) is 8.61. The van der Waals surface area contributed by atoms with Gasteiger partial charge in [-0.1, -0.05) is 28.1 Å². The molecular formula is C13H11BrN4O2. The molecule has 2 rings (SSSR count). The Bertz CT molecular complexity index is 656. The molecule has 1 aromatic carbocycles. The quantitative estimate of drug-likeness (QED) is 0.592. The van der Waals surface area contributed by atoms with E-state index < -0.39 is 6.03 Å². The zero-order chi connectivity index (χ0) is 14.5. The number of rotatable bonds is 3. The van der Waals surface area contributed by atoms with Crippen molar-refractivity contribution in [3.05, 3.63) is 46.7 Å². The van der Waals surface area contributed by atoms with Gasteiger partial charge in [0.15, 0.2) is 5.75 Å². The number of hydrogen-bond donors (Lipinski definition) is 3. The summed E-state index contributed by atoms with van der Waals surface area (Å²) in [6, 6.07) is 8.38. The van der Waals surface area contributed by atoms with Crippen molar-refractivity contribution in [2.45, 2.75) is 0 Å². The molecule has 1 heterocycles. The van der Waals surface area contributed by atoms with Crippen molar-refractivity contribution in [3.8, 4) is 16.9 Å². The van der Waals surface area contributed by atoms with Crippen molar-refractivity contribution in [1.82, 2.24) is 10.4 Å². The predicted octanol–water partition coefficient (Wildman–Crippen LogP) is 2.22. The molecule has 102 valence electrons. The lowest BCUT2D eigenvalue weighted by Gasteiger charge is -2.06. The minimum Gasteiger partial charge on any atom is -0.505 e. The largest absolute Gasteiger partial charge is 0.505 e. The van der Waals surface area contributed by atoms with Crippen LogP contribution >= 0.6 is 15.9 Å². The van der Waals surface area contributed by atoms with Crippen LogP contribution in [-0.2, 0) is 0 Å². The van der Waals surface area contributed by atoms with E-state index in [4.69, 9.17) is 5.73 Å². The van der Waals surface area contributed by atoms with Gasteiger partial charge in [-0.15, -0.1) is 0 Å². The normalized spacial score (nSPS) is 10.7. The second-order valence-corrected chi connectivity index (χ2v) is 4.75. The maximum absolute atomic E-state index is 10.5. The van der Waals surface area contributed by atoms with Gasteiger partial charge in [-0.25, -0.2) is 10.2 Å². The van der Waals surface area contributed by atoms with Crippen molar-refractivity contribution in [3.63, 3.8) is 0 Å². The van der Waals surface area contributed by atoms with Crippen LogP contribution in [0.5, 0.6) is 5.75 Å². The van der Waals surface area contributed by atoms with Gasteiger partial charge in [0.25, 0.3) is 0 Å². The monoisotopic (exact) mass is 334 g/mol. The van der Waals surface area contributed by atoms with Crippen LogP contribution in [0, 0.1) is 0 Å². The Balaban J connectivity index is 2.34. The van der Waals surface area contributed by atoms with Crippen LogP contribution in [0.25, 0.3) is 11.1 Å². The number of urea groups is 1. The number of primary amides is 1. The molecule has 2 aromatic rings. The summed E-state index contributed by atoms with van der Waals surface area (Å²) in [4.78, 5) is 14.5. The molecule has 4 N–H and O–H groups in total. The van der Waals surface area contributed by atoms with Crippen molar-refractivity contribution in [2.75, 3.05) is 0 Å². The van der Waals surface area contributed by atoms with E-state index in [9.17, 15) is 9.90 Å². The Labute approximate surface area is 123 Å². The van der Waals surface area contributed by atoms with Gasteiger partial charge in [0.1, 0.15) is 5.69 Å². The van der Waals surface area contributed by atoms with E-state index in [-0.39, 0.29) is 11.4 Å². The number of hydrazone groups is 1. The highest BCUT2D eigenvalue weighted by molar-refractivity contribution is 9.10. The maximum Gasteiger partial charge on any atom is 0.332 e. The Kier molecular flexibility index (Phi) is 4.31. The van der Waals surface area contributed by atoms with Crippen LogP contribution in [0.4, 0.5) is 4.79 Å². The number of nitrogens with zero attached hydrogens (tertiary/aromatic N) is 2. The van der Waals surface area contributed by atoms with Crippen LogP contribution in [0.1, 0.15) is 5.69 Å². The lowest BCUT2D eigenvalue weighted by Crippen LogP contribution is -2.24. The fourth-order valence-electron chi connectivity index (χ4n) is 1.58. The Morgan fingerprint density at radius 2 is 2.05 bits per heavy atom. The number of amides is 2. The van der Waals surface area contributed by atoms with Gasteiger partial charge in [0, 0.05) is 16.2 Å². The van der Waals surface area contributed by atoms with E-state index in [1.165, 1.54) is 6.21 Å². The molecule has 2 amide bonds. The molecule has 0 atom stereocenters. The lowest BCUT2D eigenvalue weighted by atomic mass is 10.1. The van der Waals surface area contributed by atoms with Crippen molar-refractivity contribution < 1.29 is 9.90 Å². The summed E-state index contributed by atoms with van der Waals surface area (Å²) in [6.07, 6.45) is 2.77. The third-order valence-corrected chi connectivity index (χ3v) is 3.00. The number of nitrogens with two attached hydrogens (primary N) is 1. The van der Waals surface area contributed by atoms with Crippen LogP contribution in [-0.4, -0.2) is 22.3 Å². The highest BCUT2D eigenvalue weighted by atomic mass is 79.9. The molecule has 0 fully saturated rings. The smallest absolute Gasteiger partial charge is 0.332 e. The summed E-state index contributed by atoms with van der Waals surface area (Å²) in [5, 5.41) is 13.7. The van der Waals surface area contributed by atoms with E-state index in [2.05, 4.69) is 26.0 Å². The average molecular weight is 335 g/mol. The van der Waals surface area contributed by atoms with Gasteiger partial charge in [0.2, 0.25) is 0 Å². The molecule has 0 unspecified atom stereocenters. The van der Waals surface area contributed by atoms with E-state index in [1.54, 1.807) is 12.3 Å². The van der Waals surface area contributed by atoms with Crippen molar-refractivity contribution >= 4 is 28.2 Å². The number of carbonyl (C=O) groups is 1. The average Bonchev–Trinajstić information content (AvgIpc) is 2.41. The van der Waals surface area contributed by atoms with Crippen molar-refractivity contribution in [2.24, 2.45) is 10.8 Å². The summed E-state index contributed by atoms with van der Waals surface area (Å²) in [6.45, 7) is 0. The minimum atomic E-state index is -0.787. The minimum absolute atomic E-state index is 0.0233. The van der Waals surface area contributed by atoms with E-state index in [0.717, 1.165) is 10.0 Å². The van der Waals surface area contributed by atoms with Crippen molar-refractivity contribution in [1.29, 1.82) is 0 Å². The molecule has 0 radical (unpaired) electrons. The maximum atomic E-state index is 10.5. The van der Waals surface area contributed by atoms with E-state index >= 15 is 0 Å². The first-order valence-electron chi connectivity index (χ1n) is 5.60. The van der Waals surface area contributed by atoms with Gasteiger partial charge in [0.05, 0.1) is 6.21 Å². The van der Waals surface area contributed by atoms with Gasteiger partial charge >= 0.3 is 6.03 Å². The Morgan fingerprint density at radius 3 is 2.70 bits per heavy atom. The molecule has 6 nitrogen and oxygen atoms in total. The lowest BCUT2D eigenvalue weighted by molar-refractivity contribution is 0.249. The molecule has 7 heteroatoms. The Morgan fingerprint density at radius 1 is 1.35 bits per heavy atom. The number of halogens is 1. The number of nitrogens with one attached hydrogen (secondary N) is 1. The molecule has 0 aliphatic heterocycles. The number of aromatic hydroxyl groups is 1. The number of carbonyl (C=O) groups excluding carboxylic acids is 1. The fourth-order valence-corrected chi connectivity index (χ4v) is 1.85. The molecule has 0 aliphatic carbocycles. The molecule has 1 aromatic heterocycles. The molecule has 0 aliphatic rings. The predicted molar refractivity (Wildman–Crippen MR) is 79.4 cm³/mol. The third-order valence-electron chi connectivity index (χ3n) is 2.47. The second kappa shape index (κ2) is 6.16. The SMILES string of the molecule is NC(=O)NN=Cc1nccc(-c2ccc(Br)cc2)c1O. The van der Waals surface area contributed by atoms with Gasteiger partial charge in [-0.2, -0.15) is 5.10 Å². The van der Waals surface area contributed by atoms with E-state index in [0.29, 0.717) is 5.56 Å². The zero-order valence-electron chi connectivity index (χ0n) is 10.2. The first-order valence-corrected chi connectivity index (χ1v) is 6.39. The fraction of sp³-hybridized carbons (Fsp3) is 0. The molecule has 0 saturated carbocycles. The molecule has 20 heavy (non-hydrogen) atoms. The number of aromatic nitrogens is 1. The highest BCUT2D eigenvalue weighted by Crippen LogP contribution is 2.30. The molecular weight excluding hydrogens is 324 g/mol. The molecule has 0 bridgehead atoms. The summed E-state index contributed by atoms with van der Waals surface area (Å²) >= 11 is 3.35. The van der Waals surface area contributed by atoms with Gasteiger partial charge < -0.3 is 10.8 Å². The van der Waals surface area contributed by atoms with Crippen LogP contribution in [0.3, 0.4) is 0 Å². The summed E-state index contributed by atoms with van der Waals surface area (Å²) in [7, 11) is 0.